The SMILES string of the molecule is CC(=O)N[C@@H]1[C@H](C)C[C@@H]2[C@H]3CC=C4C[C@H](O)CC[C@]4(C)[C@@H]3CC[C@@]21C. The highest BCUT2D eigenvalue weighted by atomic mass is 16.3. The second kappa shape index (κ2) is 5.84. The predicted molar refractivity (Wildman–Crippen MR) is 99.9 cm³/mol. The van der Waals surface area contributed by atoms with Crippen LogP contribution in [-0.2, 0) is 4.79 Å². The first-order valence-corrected chi connectivity index (χ1v) is 10.4. The molecule has 3 fully saturated rings. The van der Waals surface area contributed by atoms with Crippen LogP contribution in [-0.4, -0.2) is 23.2 Å². The number of amides is 1. The molecule has 0 aliphatic heterocycles. The van der Waals surface area contributed by atoms with Crippen molar-refractivity contribution in [3.8, 4) is 0 Å². The summed E-state index contributed by atoms with van der Waals surface area (Å²) in [5.41, 5.74) is 2.10. The van der Waals surface area contributed by atoms with Crippen LogP contribution in [0.2, 0.25) is 0 Å². The number of hydrogen-bond acceptors (Lipinski definition) is 2. The molecule has 0 unspecified atom stereocenters. The fourth-order valence-corrected chi connectivity index (χ4v) is 7.53. The zero-order valence-electron chi connectivity index (χ0n) is 16.3. The van der Waals surface area contributed by atoms with Crippen molar-refractivity contribution in [2.45, 2.75) is 84.8 Å². The van der Waals surface area contributed by atoms with Crippen LogP contribution in [0.15, 0.2) is 11.6 Å². The molecule has 0 radical (unpaired) electrons. The predicted octanol–water partition coefficient (Wildman–Crippen LogP) is 4.06. The van der Waals surface area contributed by atoms with Crippen molar-refractivity contribution in [2.24, 2.45) is 34.5 Å². The Morgan fingerprint density at radius 1 is 1.24 bits per heavy atom. The molecule has 4 aliphatic rings. The van der Waals surface area contributed by atoms with Crippen molar-refractivity contribution in [2.75, 3.05) is 0 Å². The summed E-state index contributed by atoms with van der Waals surface area (Å²) in [5, 5.41) is 13.4. The summed E-state index contributed by atoms with van der Waals surface area (Å²) in [4.78, 5) is 11.8. The number of fused-ring (bicyclic) bond motifs is 5. The minimum Gasteiger partial charge on any atom is -0.393 e. The Kier molecular flexibility index (Phi) is 4.10. The van der Waals surface area contributed by atoms with Crippen LogP contribution < -0.4 is 5.32 Å². The monoisotopic (exact) mass is 345 g/mol. The molecule has 3 saturated carbocycles. The van der Waals surface area contributed by atoms with Crippen molar-refractivity contribution in [3.63, 3.8) is 0 Å². The first kappa shape index (κ1) is 17.6. The maximum atomic E-state index is 11.8. The second-order valence-electron chi connectivity index (χ2n) is 10.1. The average molecular weight is 346 g/mol. The number of rotatable bonds is 1. The minimum atomic E-state index is -0.125. The van der Waals surface area contributed by atoms with Gasteiger partial charge >= 0.3 is 0 Å². The van der Waals surface area contributed by atoms with E-state index in [4.69, 9.17) is 0 Å². The smallest absolute Gasteiger partial charge is 0.217 e. The van der Waals surface area contributed by atoms with Crippen LogP contribution >= 0.6 is 0 Å². The quantitative estimate of drug-likeness (QED) is 0.704. The number of nitrogens with one attached hydrogen (secondary N) is 1. The third kappa shape index (κ3) is 2.52. The van der Waals surface area contributed by atoms with Crippen molar-refractivity contribution < 1.29 is 9.90 Å². The van der Waals surface area contributed by atoms with Crippen LogP contribution in [0.3, 0.4) is 0 Å². The zero-order chi connectivity index (χ0) is 18.0. The third-order valence-corrected chi connectivity index (χ3v) is 8.78. The molecule has 4 rings (SSSR count). The number of hydrogen-bond donors (Lipinski definition) is 2. The van der Waals surface area contributed by atoms with E-state index in [1.54, 1.807) is 12.5 Å². The number of allylic oxidation sites excluding steroid dienone is 1. The number of aliphatic hydroxyl groups excluding tert-OH is 1. The second-order valence-corrected chi connectivity index (χ2v) is 10.1. The van der Waals surface area contributed by atoms with Crippen LogP contribution in [0, 0.1) is 34.5 Å². The molecule has 140 valence electrons. The van der Waals surface area contributed by atoms with Gasteiger partial charge in [-0.1, -0.05) is 32.4 Å². The first-order valence-electron chi connectivity index (χ1n) is 10.4. The standard InChI is InChI=1S/C22H35NO2/c1-13-11-19-17-6-5-15-12-16(25)7-9-21(15,3)18(17)8-10-22(19,4)20(13)23-14(2)24/h5,13,16-20,25H,6-12H2,1-4H3,(H,23,24)/t13-,16-,17+,18-,19-,20-,21+,22+/m1/s1. The average Bonchev–Trinajstić information content (AvgIpc) is 2.79. The molecule has 0 aromatic carbocycles. The Labute approximate surface area is 152 Å². The topological polar surface area (TPSA) is 49.3 Å². The molecule has 1 amide bonds. The molecule has 8 atom stereocenters. The Morgan fingerprint density at radius 3 is 2.72 bits per heavy atom. The number of aliphatic hydroxyl groups is 1. The summed E-state index contributed by atoms with van der Waals surface area (Å²) in [6.07, 6.45) is 10.3. The van der Waals surface area contributed by atoms with Crippen LogP contribution in [0.5, 0.6) is 0 Å². The first-order chi connectivity index (χ1) is 11.8. The summed E-state index contributed by atoms with van der Waals surface area (Å²) < 4.78 is 0. The van der Waals surface area contributed by atoms with Gasteiger partial charge in [0.15, 0.2) is 0 Å². The van der Waals surface area contributed by atoms with Gasteiger partial charge in [0.05, 0.1) is 6.10 Å². The summed E-state index contributed by atoms with van der Waals surface area (Å²) in [7, 11) is 0. The highest BCUT2D eigenvalue weighted by Gasteiger charge is 2.60. The van der Waals surface area contributed by atoms with E-state index in [2.05, 4.69) is 32.2 Å². The van der Waals surface area contributed by atoms with Gasteiger partial charge in [-0.15, -0.1) is 0 Å². The minimum absolute atomic E-state index is 0.125. The lowest BCUT2D eigenvalue weighted by Gasteiger charge is -2.58. The Hall–Kier alpha value is -0.830. The van der Waals surface area contributed by atoms with Crippen LogP contribution in [0.4, 0.5) is 0 Å². The molecular weight excluding hydrogens is 310 g/mol. The van der Waals surface area contributed by atoms with Gasteiger partial charge in [-0.25, -0.2) is 0 Å². The lowest BCUT2D eigenvalue weighted by atomic mass is 9.48. The van der Waals surface area contributed by atoms with Crippen molar-refractivity contribution >= 4 is 5.91 Å². The Morgan fingerprint density at radius 2 is 2.00 bits per heavy atom. The number of carbonyl (C=O) groups excluding carboxylic acids is 1. The Bertz CT molecular complexity index is 599. The van der Waals surface area contributed by atoms with Gasteiger partial charge in [0.25, 0.3) is 0 Å². The van der Waals surface area contributed by atoms with Gasteiger partial charge in [-0.05, 0) is 79.4 Å². The molecule has 25 heavy (non-hydrogen) atoms. The molecule has 0 spiro atoms. The third-order valence-electron chi connectivity index (χ3n) is 8.78. The van der Waals surface area contributed by atoms with Gasteiger partial charge in [0.1, 0.15) is 0 Å². The Balaban J connectivity index is 1.64. The van der Waals surface area contributed by atoms with Gasteiger partial charge in [0.2, 0.25) is 5.91 Å². The van der Waals surface area contributed by atoms with E-state index in [9.17, 15) is 9.90 Å². The fourth-order valence-electron chi connectivity index (χ4n) is 7.53. The van der Waals surface area contributed by atoms with E-state index < -0.39 is 0 Å². The maximum Gasteiger partial charge on any atom is 0.217 e. The van der Waals surface area contributed by atoms with Gasteiger partial charge in [0, 0.05) is 13.0 Å². The molecular formula is C22H35NO2. The highest BCUT2D eigenvalue weighted by Crippen LogP contribution is 2.65. The molecule has 0 bridgehead atoms. The summed E-state index contributed by atoms with van der Waals surface area (Å²) in [5.74, 6) is 2.94. The largest absolute Gasteiger partial charge is 0.393 e. The van der Waals surface area contributed by atoms with Gasteiger partial charge in [-0.2, -0.15) is 0 Å². The van der Waals surface area contributed by atoms with Crippen molar-refractivity contribution in [1.82, 2.24) is 5.32 Å². The summed E-state index contributed by atoms with van der Waals surface area (Å²) >= 11 is 0. The zero-order valence-corrected chi connectivity index (χ0v) is 16.3. The van der Waals surface area contributed by atoms with Gasteiger partial charge < -0.3 is 10.4 Å². The van der Waals surface area contributed by atoms with E-state index in [1.807, 2.05) is 0 Å². The summed E-state index contributed by atoms with van der Waals surface area (Å²) in [6.45, 7) is 8.93. The van der Waals surface area contributed by atoms with Gasteiger partial charge in [-0.3, -0.25) is 4.79 Å². The van der Waals surface area contributed by atoms with E-state index in [1.165, 1.54) is 25.7 Å². The van der Waals surface area contributed by atoms with E-state index in [0.717, 1.165) is 37.0 Å². The normalized spacial score (nSPS) is 51.8. The molecule has 3 heteroatoms. The highest BCUT2D eigenvalue weighted by molar-refractivity contribution is 5.73. The van der Waals surface area contributed by atoms with Crippen LogP contribution in [0.1, 0.15) is 72.6 Å². The molecule has 0 heterocycles. The summed E-state index contributed by atoms with van der Waals surface area (Å²) in [6, 6.07) is 0.335. The lowest BCUT2D eigenvalue weighted by Crippen LogP contribution is -2.54. The molecule has 2 N–H and O–H groups in total. The maximum absolute atomic E-state index is 11.8. The lowest BCUT2D eigenvalue weighted by molar-refractivity contribution is -0.121. The van der Waals surface area contributed by atoms with Crippen molar-refractivity contribution in [1.29, 1.82) is 0 Å². The molecule has 4 aliphatic carbocycles. The van der Waals surface area contributed by atoms with Crippen molar-refractivity contribution in [3.05, 3.63) is 11.6 Å². The molecule has 0 aromatic rings. The molecule has 0 aromatic heterocycles. The van der Waals surface area contributed by atoms with Crippen LogP contribution in [0.25, 0.3) is 0 Å². The number of carbonyl (C=O) groups is 1. The van der Waals surface area contributed by atoms with E-state index in [-0.39, 0.29) is 17.4 Å². The fraction of sp³-hybridized carbons (Fsp3) is 0.864. The van der Waals surface area contributed by atoms with E-state index in [0.29, 0.717) is 17.4 Å². The molecule has 3 nitrogen and oxygen atoms in total. The molecule has 0 saturated heterocycles. The van der Waals surface area contributed by atoms with E-state index >= 15 is 0 Å².